The highest BCUT2D eigenvalue weighted by molar-refractivity contribution is 6.01. The van der Waals surface area contributed by atoms with Crippen molar-refractivity contribution in [3.8, 4) is 11.8 Å². The molecule has 0 aliphatic heterocycles. The van der Waals surface area contributed by atoms with E-state index in [0.29, 0.717) is 5.75 Å². The predicted octanol–water partition coefficient (Wildman–Crippen LogP) is 3.21. The van der Waals surface area contributed by atoms with Gasteiger partial charge in [0.1, 0.15) is 17.4 Å². The van der Waals surface area contributed by atoms with Crippen LogP contribution in [0.5, 0.6) is 5.75 Å². The number of ether oxygens (including phenoxy) is 2. The summed E-state index contributed by atoms with van der Waals surface area (Å²) in [5.74, 6) is -0.183. The van der Waals surface area contributed by atoms with E-state index in [1.165, 1.54) is 13.5 Å². The largest absolute Gasteiger partial charge is 0.481 e. The molecule has 1 amide bonds. The number of nitriles is 1. The molecule has 0 bridgehead atoms. The van der Waals surface area contributed by atoms with Crippen LogP contribution in [-0.2, 0) is 14.3 Å². The summed E-state index contributed by atoms with van der Waals surface area (Å²) in [5, 5.41) is 12.4. The van der Waals surface area contributed by atoms with Crippen molar-refractivity contribution in [3.05, 3.63) is 34.4 Å². The van der Waals surface area contributed by atoms with Crippen LogP contribution in [0.4, 0.5) is 0 Å². The van der Waals surface area contributed by atoms with Crippen LogP contribution >= 0.6 is 0 Å². The van der Waals surface area contributed by atoms with Gasteiger partial charge in [0.25, 0.3) is 5.91 Å². The molecular weight excluding hydrogens is 344 g/mol. The standard InChI is InChI=1S/C21H26N2O4/c1-14-9-16(10-15(2)20(14)27-13-19(24)26-3)11-17(12-22)21(25)23-18-7-5-4-6-8-18/h9-11,18H,4-8,13H2,1-3H3,(H,23,25). The summed E-state index contributed by atoms with van der Waals surface area (Å²) in [6.45, 7) is 3.54. The monoisotopic (exact) mass is 370 g/mol. The number of carbonyl (C=O) groups excluding carboxylic acids is 2. The van der Waals surface area contributed by atoms with Gasteiger partial charge in [0.05, 0.1) is 7.11 Å². The van der Waals surface area contributed by atoms with Crippen molar-refractivity contribution in [3.63, 3.8) is 0 Å². The molecule has 1 saturated carbocycles. The number of hydrogen-bond acceptors (Lipinski definition) is 5. The maximum atomic E-state index is 12.4. The van der Waals surface area contributed by atoms with Crippen LogP contribution in [0, 0.1) is 25.2 Å². The molecule has 0 unspecified atom stereocenters. The first kappa shape index (κ1) is 20.5. The van der Waals surface area contributed by atoms with E-state index in [1.54, 1.807) is 6.08 Å². The lowest BCUT2D eigenvalue weighted by atomic mass is 9.95. The normalized spacial score (nSPS) is 15.0. The van der Waals surface area contributed by atoms with Crippen molar-refractivity contribution >= 4 is 18.0 Å². The van der Waals surface area contributed by atoms with Gasteiger partial charge >= 0.3 is 5.97 Å². The van der Waals surface area contributed by atoms with Crippen LogP contribution in [-0.4, -0.2) is 31.6 Å². The molecule has 27 heavy (non-hydrogen) atoms. The van der Waals surface area contributed by atoms with Gasteiger partial charge in [-0.05, 0) is 61.6 Å². The fourth-order valence-electron chi connectivity index (χ4n) is 3.31. The SMILES string of the molecule is COC(=O)COc1c(C)cc(C=C(C#N)C(=O)NC2CCCCC2)cc1C. The summed E-state index contributed by atoms with van der Waals surface area (Å²) in [6, 6.07) is 5.80. The number of aryl methyl sites for hydroxylation is 2. The molecule has 1 aliphatic carbocycles. The summed E-state index contributed by atoms with van der Waals surface area (Å²) < 4.78 is 10.1. The minimum absolute atomic E-state index is 0.0857. The van der Waals surface area contributed by atoms with Crippen molar-refractivity contribution in [2.45, 2.75) is 52.0 Å². The van der Waals surface area contributed by atoms with E-state index in [0.717, 1.165) is 42.4 Å². The average molecular weight is 370 g/mol. The van der Waals surface area contributed by atoms with Crippen LogP contribution in [0.15, 0.2) is 17.7 Å². The lowest BCUT2D eigenvalue weighted by Crippen LogP contribution is -2.36. The van der Waals surface area contributed by atoms with Crippen molar-refractivity contribution in [1.82, 2.24) is 5.32 Å². The fraction of sp³-hybridized carbons (Fsp3) is 0.476. The Morgan fingerprint density at radius 1 is 1.22 bits per heavy atom. The Hall–Kier alpha value is -2.81. The van der Waals surface area contributed by atoms with Gasteiger partial charge in [0, 0.05) is 6.04 Å². The Morgan fingerprint density at radius 2 is 1.85 bits per heavy atom. The highest BCUT2D eigenvalue weighted by atomic mass is 16.6. The molecule has 0 radical (unpaired) electrons. The number of nitrogens with one attached hydrogen (secondary N) is 1. The van der Waals surface area contributed by atoms with Gasteiger partial charge in [0.15, 0.2) is 6.61 Å². The molecule has 0 saturated heterocycles. The second-order valence-corrected chi connectivity index (χ2v) is 6.83. The van der Waals surface area contributed by atoms with Crippen molar-refractivity contribution in [1.29, 1.82) is 5.26 Å². The number of benzene rings is 1. The summed E-state index contributed by atoms with van der Waals surface area (Å²) in [6.07, 6.45) is 6.95. The van der Waals surface area contributed by atoms with E-state index in [4.69, 9.17) is 4.74 Å². The van der Waals surface area contributed by atoms with E-state index in [2.05, 4.69) is 10.1 Å². The molecule has 1 aromatic rings. The van der Waals surface area contributed by atoms with Gasteiger partial charge in [-0.25, -0.2) is 4.79 Å². The van der Waals surface area contributed by atoms with Crippen molar-refractivity contribution in [2.24, 2.45) is 0 Å². The van der Waals surface area contributed by atoms with Crippen LogP contribution in [0.25, 0.3) is 6.08 Å². The van der Waals surface area contributed by atoms with E-state index >= 15 is 0 Å². The molecule has 144 valence electrons. The Labute approximate surface area is 160 Å². The Morgan fingerprint density at radius 3 is 2.41 bits per heavy atom. The van der Waals surface area contributed by atoms with E-state index in [9.17, 15) is 14.9 Å². The zero-order valence-electron chi connectivity index (χ0n) is 16.1. The third-order valence-electron chi connectivity index (χ3n) is 4.66. The highest BCUT2D eigenvalue weighted by Gasteiger charge is 2.18. The first-order valence-corrected chi connectivity index (χ1v) is 9.18. The molecule has 1 aliphatic rings. The Bertz CT molecular complexity index is 748. The first-order chi connectivity index (χ1) is 12.9. The highest BCUT2D eigenvalue weighted by Crippen LogP contribution is 2.26. The van der Waals surface area contributed by atoms with Crippen LogP contribution in [0.3, 0.4) is 0 Å². The minimum Gasteiger partial charge on any atom is -0.481 e. The topological polar surface area (TPSA) is 88.4 Å². The maximum Gasteiger partial charge on any atom is 0.343 e. The zero-order valence-corrected chi connectivity index (χ0v) is 16.1. The molecular formula is C21H26N2O4. The molecule has 1 N–H and O–H groups in total. The van der Waals surface area contributed by atoms with Gasteiger partial charge in [-0.15, -0.1) is 0 Å². The van der Waals surface area contributed by atoms with Gasteiger partial charge in [-0.1, -0.05) is 19.3 Å². The van der Waals surface area contributed by atoms with Gasteiger partial charge in [0.2, 0.25) is 0 Å². The lowest BCUT2D eigenvalue weighted by molar-refractivity contribution is -0.142. The fourth-order valence-corrected chi connectivity index (χ4v) is 3.31. The summed E-state index contributed by atoms with van der Waals surface area (Å²) in [7, 11) is 1.31. The summed E-state index contributed by atoms with van der Waals surface area (Å²) in [4.78, 5) is 23.7. The van der Waals surface area contributed by atoms with Crippen LogP contribution in [0.1, 0.15) is 48.8 Å². The number of rotatable bonds is 6. The Kier molecular flexibility index (Phi) is 7.42. The van der Waals surface area contributed by atoms with Gasteiger partial charge in [-0.2, -0.15) is 5.26 Å². The van der Waals surface area contributed by atoms with Crippen LogP contribution < -0.4 is 10.1 Å². The van der Waals surface area contributed by atoms with Gasteiger partial charge < -0.3 is 14.8 Å². The molecule has 0 aromatic heterocycles. The maximum absolute atomic E-state index is 12.4. The molecule has 0 heterocycles. The lowest BCUT2D eigenvalue weighted by Gasteiger charge is -2.22. The number of nitrogens with zero attached hydrogens (tertiary/aromatic N) is 1. The molecule has 6 nitrogen and oxygen atoms in total. The number of esters is 1. The van der Waals surface area contributed by atoms with Gasteiger partial charge in [-0.3, -0.25) is 4.79 Å². The molecule has 1 fully saturated rings. The van der Waals surface area contributed by atoms with Crippen molar-refractivity contribution < 1.29 is 19.1 Å². The molecule has 2 rings (SSSR count). The molecule has 0 atom stereocenters. The van der Waals surface area contributed by atoms with E-state index < -0.39 is 5.97 Å². The number of hydrogen-bond donors (Lipinski definition) is 1. The number of methoxy groups -OCH3 is 1. The second kappa shape index (κ2) is 9.77. The number of amides is 1. The minimum atomic E-state index is -0.455. The van der Waals surface area contributed by atoms with Crippen molar-refractivity contribution in [2.75, 3.05) is 13.7 Å². The summed E-state index contributed by atoms with van der Waals surface area (Å²) in [5.41, 5.74) is 2.46. The second-order valence-electron chi connectivity index (χ2n) is 6.83. The van der Waals surface area contributed by atoms with E-state index in [1.807, 2.05) is 32.0 Å². The Balaban J connectivity index is 2.14. The quantitative estimate of drug-likeness (QED) is 0.472. The smallest absolute Gasteiger partial charge is 0.343 e. The zero-order chi connectivity index (χ0) is 19.8. The predicted molar refractivity (Wildman–Crippen MR) is 102 cm³/mol. The number of carbonyl (C=O) groups is 2. The third-order valence-corrected chi connectivity index (χ3v) is 4.66. The molecule has 6 heteroatoms. The first-order valence-electron chi connectivity index (χ1n) is 9.18. The average Bonchev–Trinajstić information content (AvgIpc) is 2.65. The molecule has 1 aromatic carbocycles. The summed E-state index contributed by atoms with van der Waals surface area (Å²) >= 11 is 0. The van der Waals surface area contributed by atoms with Crippen LogP contribution in [0.2, 0.25) is 0 Å². The van der Waals surface area contributed by atoms with E-state index in [-0.39, 0.29) is 24.1 Å². The third kappa shape index (κ3) is 5.85. The molecule has 0 spiro atoms.